The summed E-state index contributed by atoms with van der Waals surface area (Å²) in [6.45, 7) is 10.3. The average molecular weight is 389 g/mol. The first-order chi connectivity index (χ1) is 12.5. The average Bonchev–Trinajstić information content (AvgIpc) is 2.64. The van der Waals surface area contributed by atoms with Gasteiger partial charge in [0, 0.05) is 25.2 Å². The molecule has 4 heteroatoms. The Bertz CT molecular complexity index is 651. The van der Waals surface area contributed by atoms with Gasteiger partial charge in [0.15, 0.2) is 0 Å². The number of hydrogen-bond donors (Lipinski definition) is 1. The molecule has 1 N–H and O–H groups in total. The second-order valence-electron chi connectivity index (χ2n) is 7.37. The van der Waals surface area contributed by atoms with Gasteiger partial charge in [-0.05, 0) is 45.2 Å². The first kappa shape index (κ1) is 23.2. The summed E-state index contributed by atoms with van der Waals surface area (Å²) >= 11 is 0. The highest BCUT2D eigenvalue weighted by Crippen LogP contribution is 2.21. The molecule has 0 heterocycles. The van der Waals surface area contributed by atoms with Crippen molar-refractivity contribution in [2.75, 3.05) is 13.1 Å². The Labute approximate surface area is 170 Å². The molecule has 0 aliphatic carbocycles. The SMILES string of the molecule is CC(C)N(CCNC(=O)C(Cc1ccccc1)c1ccccc1)C(C)C.Cl. The monoisotopic (exact) mass is 388 g/mol. The van der Waals surface area contributed by atoms with Gasteiger partial charge in [-0.2, -0.15) is 0 Å². The summed E-state index contributed by atoms with van der Waals surface area (Å²) in [5, 5.41) is 3.16. The van der Waals surface area contributed by atoms with Crippen LogP contribution in [0.3, 0.4) is 0 Å². The van der Waals surface area contributed by atoms with E-state index in [0.29, 0.717) is 18.6 Å². The third kappa shape index (κ3) is 7.36. The van der Waals surface area contributed by atoms with Crippen LogP contribution in [0.5, 0.6) is 0 Å². The fourth-order valence-electron chi connectivity index (χ4n) is 3.44. The van der Waals surface area contributed by atoms with Crippen molar-refractivity contribution < 1.29 is 4.79 Å². The van der Waals surface area contributed by atoms with Gasteiger partial charge in [-0.1, -0.05) is 60.7 Å². The molecular weight excluding hydrogens is 356 g/mol. The summed E-state index contributed by atoms with van der Waals surface area (Å²) in [4.78, 5) is 15.3. The quantitative estimate of drug-likeness (QED) is 0.677. The van der Waals surface area contributed by atoms with Gasteiger partial charge in [-0.15, -0.1) is 12.4 Å². The van der Waals surface area contributed by atoms with Gasteiger partial charge in [-0.3, -0.25) is 9.69 Å². The topological polar surface area (TPSA) is 32.3 Å². The normalized spacial score (nSPS) is 12.1. The van der Waals surface area contributed by atoms with Crippen molar-refractivity contribution >= 4 is 18.3 Å². The number of hydrogen-bond acceptors (Lipinski definition) is 2. The van der Waals surface area contributed by atoms with Crippen molar-refractivity contribution in [1.82, 2.24) is 10.2 Å². The van der Waals surface area contributed by atoms with E-state index in [1.165, 1.54) is 5.56 Å². The van der Waals surface area contributed by atoms with E-state index in [1.54, 1.807) is 0 Å². The Morgan fingerprint density at radius 3 is 1.93 bits per heavy atom. The minimum atomic E-state index is -0.162. The molecule has 2 rings (SSSR count). The lowest BCUT2D eigenvalue weighted by Gasteiger charge is -2.30. The minimum absolute atomic E-state index is 0. The van der Waals surface area contributed by atoms with Gasteiger partial charge < -0.3 is 5.32 Å². The fourth-order valence-corrected chi connectivity index (χ4v) is 3.44. The van der Waals surface area contributed by atoms with Crippen LogP contribution >= 0.6 is 12.4 Å². The van der Waals surface area contributed by atoms with E-state index < -0.39 is 0 Å². The summed E-state index contributed by atoms with van der Waals surface area (Å²) < 4.78 is 0. The van der Waals surface area contributed by atoms with Crippen molar-refractivity contribution in [2.45, 2.75) is 52.1 Å². The van der Waals surface area contributed by atoms with Crippen LogP contribution in [0.1, 0.15) is 44.7 Å². The maximum atomic E-state index is 12.9. The van der Waals surface area contributed by atoms with Gasteiger partial charge in [0.1, 0.15) is 0 Å². The Morgan fingerprint density at radius 2 is 1.41 bits per heavy atom. The van der Waals surface area contributed by atoms with Crippen LogP contribution in [0.25, 0.3) is 0 Å². The van der Waals surface area contributed by atoms with Gasteiger partial charge in [0.2, 0.25) is 5.91 Å². The van der Waals surface area contributed by atoms with Crippen molar-refractivity contribution in [1.29, 1.82) is 0 Å². The van der Waals surface area contributed by atoms with E-state index in [2.05, 4.69) is 50.0 Å². The lowest BCUT2D eigenvalue weighted by atomic mass is 9.91. The van der Waals surface area contributed by atoms with Crippen LogP contribution in [0.15, 0.2) is 60.7 Å². The van der Waals surface area contributed by atoms with Gasteiger partial charge in [0.25, 0.3) is 0 Å². The molecule has 1 atom stereocenters. The molecular formula is C23H33ClN2O. The number of halogens is 1. The van der Waals surface area contributed by atoms with Crippen LogP contribution in [0.4, 0.5) is 0 Å². The Kier molecular flexibility index (Phi) is 10.1. The molecule has 27 heavy (non-hydrogen) atoms. The minimum Gasteiger partial charge on any atom is -0.354 e. The zero-order valence-electron chi connectivity index (χ0n) is 16.9. The first-order valence-corrected chi connectivity index (χ1v) is 9.61. The molecule has 0 radical (unpaired) electrons. The molecule has 148 valence electrons. The van der Waals surface area contributed by atoms with E-state index in [1.807, 2.05) is 48.5 Å². The van der Waals surface area contributed by atoms with Crippen LogP contribution in [-0.4, -0.2) is 36.0 Å². The number of benzene rings is 2. The predicted molar refractivity (Wildman–Crippen MR) is 117 cm³/mol. The summed E-state index contributed by atoms with van der Waals surface area (Å²) in [6.07, 6.45) is 0.717. The number of nitrogens with zero attached hydrogens (tertiary/aromatic N) is 1. The van der Waals surface area contributed by atoms with E-state index in [0.717, 1.165) is 18.5 Å². The lowest BCUT2D eigenvalue weighted by molar-refractivity contribution is -0.122. The molecule has 2 aromatic rings. The smallest absolute Gasteiger partial charge is 0.227 e. The van der Waals surface area contributed by atoms with E-state index in [4.69, 9.17) is 0 Å². The molecule has 0 spiro atoms. The molecule has 0 fully saturated rings. The molecule has 0 aromatic heterocycles. The van der Waals surface area contributed by atoms with Crippen molar-refractivity contribution in [3.63, 3.8) is 0 Å². The van der Waals surface area contributed by atoms with Crippen LogP contribution in [-0.2, 0) is 11.2 Å². The molecule has 1 unspecified atom stereocenters. The van der Waals surface area contributed by atoms with Crippen molar-refractivity contribution in [3.8, 4) is 0 Å². The zero-order valence-corrected chi connectivity index (χ0v) is 17.7. The number of carbonyl (C=O) groups is 1. The Hall–Kier alpha value is -1.84. The zero-order chi connectivity index (χ0) is 18.9. The Balaban J connectivity index is 0.00000364. The van der Waals surface area contributed by atoms with Crippen LogP contribution < -0.4 is 5.32 Å². The maximum Gasteiger partial charge on any atom is 0.227 e. The number of amides is 1. The molecule has 0 aliphatic heterocycles. The molecule has 0 saturated carbocycles. The maximum absolute atomic E-state index is 12.9. The van der Waals surface area contributed by atoms with Crippen LogP contribution in [0.2, 0.25) is 0 Å². The van der Waals surface area contributed by atoms with Gasteiger partial charge >= 0.3 is 0 Å². The molecule has 0 aliphatic rings. The summed E-state index contributed by atoms with van der Waals surface area (Å²) in [5.74, 6) is -0.0577. The number of nitrogens with one attached hydrogen (secondary N) is 1. The third-order valence-corrected chi connectivity index (χ3v) is 4.80. The highest BCUT2D eigenvalue weighted by molar-refractivity contribution is 5.85. The second kappa shape index (κ2) is 11.8. The van der Waals surface area contributed by atoms with E-state index in [9.17, 15) is 4.79 Å². The molecule has 3 nitrogen and oxygen atoms in total. The number of carbonyl (C=O) groups excluding carboxylic acids is 1. The summed E-state index contributed by atoms with van der Waals surface area (Å²) in [7, 11) is 0. The highest BCUT2D eigenvalue weighted by atomic mass is 35.5. The van der Waals surface area contributed by atoms with Gasteiger partial charge in [0.05, 0.1) is 5.92 Å². The van der Waals surface area contributed by atoms with Gasteiger partial charge in [-0.25, -0.2) is 0 Å². The standard InChI is InChI=1S/C23H32N2O.ClH/c1-18(2)25(19(3)4)16-15-24-23(26)22(21-13-9-6-10-14-21)17-20-11-7-5-8-12-20;/h5-14,18-19,22H,15-17H2,1-4H3,(H,24,26);1H. The largest absolute Gasteiger partial charge is 0.354 e. The highest BCUT2D eigenvalue weighted by Gasteiger charge is 2.21. The lowest BCUT2D eigenvalue weighted by Crippen LogP contribution is -2.43. The van der Waals surface area contributed by atoms with E-state index in [-0.39, 0.29) is 24.2 Å². The molecule has 1 amide bonds. The van der Waals surface area contributed by atoms with Crippen molar-refractivity contribution in [3.05, 3.63) is 71.8 Å². The molecule has 0 bridgehead atoms. The fraction of sp³-hybridized carbons (Fsp3) is 0.435. The first-order valence-electron chi connectivity index (χ1n) is 9.61. The van der Waals surface area contributed by atoms with Crippen molar-refractivity contribution in [2.24, 2.45) is 0 Å². The summed E-state index contributed by atoms with van der Waals surface area (Å²) in [6, 6.07) is 21.3. The number of rotatable bonds is 9. The van der Waals surface area contributed by atoms with E-state index >= 15 is 0 Å². The summed E-state index contributed by atoms with van der Waals surface area (Å²) in [5.41, 5.74) is 2.25. The molecule has 2 aromatic carbocycles. The molecule has 0 saturated heterocycles. The Morgan fingerprint density at radius 1 is 0.889 bits per heavy atom. The van der Waals surface area contributed by atoms with Crippen LogP contribution in [0, 0.1) is 0 Å². The third-order valence-electron chi connectivity index (χ3n) is 4.80. The second-order valence-corrected chi connectivity index (χ2v) is 7.37. The predicted octanol–water partition coefficient (Wildman–Crippen LogP) is 4.67.